The molecule has 1 atom stereocenters. The molecule has 0 saturated heterocycles. The molecule has 4 nitrogen and oxygen atoms in total. The second-order valence-electron chi connectivity index (χ2n) is 4.59. The fraction of sp³-hybridized carbons (Fsp3) is 0.357. The van der Waals surface area contributed by atoms with Crippen molar-refractivity contribution in [3.05, 3.63) is 35.6 Å². The molecule has 1 unspecified atom stereocenters. The van der Waals surface area contributed by atoms with Crippen LogP contribution in [0.3, 0.4) is 0 Å². The van der Waals surface area contributed by atoms with E-state index in [0.29, 0.717) is 0 Å². The average Bonchev–Trinajstić information content (AvgIpc) is 2.71. The van der Waals surface area contributed by atoms with Gasteiger partial charge in [0.2, 0.25) is 5.91 Å². The van der Waals surface area contributed by atoms with E-state index in [2.05, 4.69) is 5.32 Å². The number of carbonyl (C=O) groups is 1. The first-order valence-corrected chi connectivity index (χ1v) is 5.97. The molecule has 0 spiro atoms. The van der Waals surface area contributed by atoms with Gasteiger partial charge in [-0.25, -0.2) is 0 Å². The van der Waals surface area contributed by atoms with E-state index in [1.807, 2.05) is 25.1 Å². The van der Waals surface area contributed by atoms with Gasteiger partial charge in [-0.05, 0) is 25.5 Å². The molecule has 0 bridgehead atoms. The Morgan fingerprint density at radius 3 is 3.00 bits per heavy atom. The van der Waals surface area contributed by atoms with E-state index in [9.17, 15) is 4.79 Å². The number of furan rings is 1. The van der Waals surface area contributed by atoms with Crippen LogP contribution >= 0.6 is 0 Å². The van der Waals surface area contributed by atoms with E-state index in [4.69, 9.17) is 9.52 Å². The van der Waals surface area contributed by atoms with Crippen LogP contribution in [0.1, 0.15) is 18.1 Å². The predicted molar refractivity (Wildman–Crippen MR) is 69.3 cm³/mol. The van der Waals surface area contributed by atoms with Crippen LogP contribution in [0.4, 0.5) is 0 Å². The Balaban J connectivity index is 2.15. The van der Waals surface area contributed by atoms with Crippen molar-refractivity contribution in [2.24, 2.45) is 0 Å². The van der Waals surface area contributed by atoms with Gasteiger partial charge in [0.25, 0.3) is 0 Å². The second-order valence-corrected chi connectivity index (χ2v) is 4.59. The summed E-state index contributed by atoms with van der Waals surface area (Å²) in [7, 11) is 0. The van der Waals surface area contributed by atoms with Crippen LogP contribution in [0.2, 0.25) is 0 Å². The first kappa shape index (κ1) is 12.6. The summed E-state index contributed by atoms with van der Waals surface area (Å²) in [6, 6.07) is 5.69. The lowest BCUT2D eigenvalue weighted by Gasteiger charge is -2.09. The minimum Gasteiger partial charge on any atom is -0.464 e. The van der Waals surface area contributed by atoms with Gasteiger partial charge in [-0.15, -0.1) is 0 Å². The highest BCUT2D eigenvalue weighted by atomic mass is 16.3. The number of aryl methyl sites for hydroxylation is 1. The van der Waals surface area contributed by atoms with Crippen molar-refractivity contribution < 1.29 is 14.3 Å². The van der Waals surface area contributed by atoms with E-state index in [1.165, 1.54) is 0 Å². The van der Waals surface area contributed by atoms with Crippen LogP contribution in [-0.4, -0.2) is 23.7 Å². The highest BCUT2D eigenvalue weighted by molar-refractivity contribution is 5.88. The number of fused-ring (bicyclic) bond motifs is 1. The van der Waals surface area contributed by atoms with Crippen LogP contribution in [0.25, 0.3) is 11.0 Å². The molecule has 0 aliphatic rings. The molecule has 0 aliphatic heterocycles. The Morgan fingerprint density at radius 2 is 2.28 bits per heavy atom. The van der Waals surface area contributed by atoms with Gasteiger partial charge >= 0.3 is 0 Å². The summed E-state index contributed by atoms with van der Waals surface area (Å²) in [4.78, 5) is 11.7. The number of hydrogen-bond donors (Lipinski definition) is 2. The molecule has 1 aromatic heterocycles. The molecule has 4 heteroatoms. The Hall–Kier alpha value is -1.81. The first-order valence-electron chi connectivity index (χ1n) is 5.97. The van der Waals surface area contributed by atoms with Gasteiger partial charge in [0, 0.05) is 17.0 Å². The van der Waals surface area contributed by atoms with Crippen LogP contribution < -0.4 is 5.32 Å². The fourth-order valence-electron chi connectivity index (χ4n) is 1.87. The molecule has 0 saturated carbocycles. The molecule has 2 rings (SSSR count). The van der Waals surface area contributed by atoms with Crippen LogP contribution in [0.15, 0.2) is 28.9 Å². The molecule has 96 valence electrons. The van der Waals surface area contributed by atoms with Crippen molar-refractivity contribution in [2.45, 2.75) is 26.3 Å². The number of benzene rings is 1. The molecule has 1 amide bonds. The van der Waals surface area contributed by atoms with E-state index in [-0.39, 0.29) is 25.0 Å². The smallest absolute Gasteiger partial charge is 0.224 e. The molecule has 1 aromatic carbocycles. The van der Waals surface area contributed by atoms with Gasteiger partial charge < -0.3 is 14.8 Å². The molecule has 2 N–H and O–H groups in total. The quantitative estimate of drug-likeness (QED) is 0.865. The summed E-state index contributed by atoms with van der Waals surface area (Å²) in [5.74, 6) is -0.111. The summed E-state index contributed by atoms with van der Waals surface area (Å²) in [5, 5.41) is 12.6. The van der Waals surface area contributed by atoms with E-state index < -0.39 is 0 Å². The Labute approximate surface area is 106 Å². The number of carbonyl (C=O) groups excluding carboxylic acids is 1. The number of hydrogen-bond acceptors (Lipinski definition) is 3. The minimum atomic E-state index is -0.224. The largest absolute Gasteiger partial charge is 0.464 e. The number of aliphatic hydroxyl groups excluding tert-OH is 1. The van der Waals surface area contributed by atoms with Gasteiger partial charge in [0.1, 0.15) is 5.58 Å². The van der Waals surface area contributed by atoms with Gasteiger partial charge in [-0.1, -0.05) is 12.1 Å². The van der Waals surface area contributed by atoms with Crippen molar-refractivity contribution in [3.8, 4) is 0 Å². The van der Waals surface area contributed by atoms with Crippen molar-refractivity contribution in [1.82, 2.24) is 5.32 Å². The standard InChI is InChI=1S/C14H17NO3/c1-9-3-4-12-11(8-18-13(12)5-9)6-14(17)15-10(2)7-16/h3-5,8,10,16H,6-7H2,1-2H3,(H,15,17). The summed E-state index contributed by atoms with van der Waals surface area (Å²) in [6.07, 6.45) is 1.88. The first-order chi connectivity index (χ1) is 8.60. The van der Waals surface area contributed by atoms with Gasteiger partial charge in [0.15, 0.2) is 0 Å². The zero-order valence-electron chi connectivity index (χ0n) is 10.6. The van der Waals surface area contributed by atoms with Crippen LogP contribution in [0.5, 0.6) is 0 Å². The SMILES string of the molecule is Cc1ccc2c(CC(=O)NC(C)CO)coc2c1. The fourth-order valence-corrected chi connectivity index (χ4v) is 1.87. The zero-order valence-corrected chi connectivity index (χ0v) is 10.6. The molecule has 0 fully saturated rings. The zero-order chi connectivity index (χ0) is 13.1. The summed E-state index contributed by atoms with van der Waals surface area (Å²) < 4.78 is 5.43. The molecular weight excluding hydrogens is 230 g/mol. The number of aliphatic hydroxyl groups is 1. The van der Waals surface area contributed by atoms with E-state index in [1.54, 1.807) is 13.2 Å². The topological polar surface area (TPSA) is 62.5 Å². The molecule has 2 aromatic rings. The van der Waals surface area contributed by atoms with E-state index in [0.717, 1.165) is 22.1 Å². The Morgan fingerprint density at radius 1 is 1.50 bits per heavy atom. The Kier molecular flexibility index (Phi) is 3.67. The minimum absolute atomic E-state index is 0.0585. The average molecular weight is 247 g/mol. The van der Waals surface area contributed by atoms with E-state index >= 15 is 0 Å². The Bertz CT molecular complexity index is 559. The third-order valence-corrected chi connectivity index (χ3v) is 2.84. The summed E-state index contributed by atoms with van der Waals surface area (Å²) in [6.45, 7) is 3.70. The van der Waals surface area contributed by atoms with Crippen molar-refractivity contribution in [3.63, 3.8) is 0 Å². The number of nitrogens with one attached hydrogen (secondary N) is 1. The van der Waals surface area contributed by atoms with Crippen LogP contribution in [0, 0.1) is 6.92 Å². The summed E-state index contributed by atoms with van der Waals surface area (Å²) >= 11 is 0. The number of rotatable bonds is 4. The maximum Gasteiger partial charge on any atom is 0.224 e. The predicted octanol–water partition coefficient (Wildman–Crippen LogP) is 1.78. The normalized spacial score (nSPS) is 12.6. The monoisotopic (exact) mass is 247 g/mol. The molecule has 0 aliphatic carbocycles. The van der Waals surface area contributed by atoms with Crippen molar-refractivity contribution in [1.29, 1.82) is 0 Å². The van der Waals surface area contributed by atoms with Gasteiger partial charge in [-0.3, -0.25) is 4.79 Å². The van der Waals surface area contributed by atoms with Crippen molar-refractivity contribution >= 4 is 16.9 Å². The molecule has 0 radical (unpaired) electrons. The molecule has 1 heterocycles. The van der Waals surface area contributed by atoms with Gasteiger partial charge in [-0.2, -0.15) is 0 Å². The third-order valence-electron chi connectivity index (χ3n) is 2.84. The second kappa shape index (κ2) is 5.23. The molecular formula is C14H17NO3. The highest BCUT2D eigenvalue weighted by Crippen LogP contribution is 2.22. The lowest BCUT2D eigenvalue weighted by molar-refractivity contribution is -0.121. The van der Waals surface area contributed by atoms with Crippen LogP contribution in [-0.2, 0) is 11.2 Å². The highest BCUT2D eigenvalue weighted by Gasteiger charge is 2.12. The number of amides is 1. The maximum atomic E-state index is 11.7. The third kappa shape index (κ3) is 2.71. The lowest BCUT2D eigenvalue weighted by Crippen LogP contribution is -2.35. The molecule has 18 heavy (non-hydrogen) atoms. The lowest BCUT2D eigenvalue weighted by atomic mass is 10.1. The summed E-state index contributed by atoms with van der Waals surface area (Å²) in [5.41, 5.74) is 2.79. The maximum absolute atomic E-state index is 11.7. The van der Waals surface area contributed by atoms with Crippen molar-refractivity contribution in [2.75, 3.05) is 6.61 Å². The van der Waals surface area contributed by atoms with Gasteiger partial charge in [0.05, 0.1) is 19.3 Å².